The van der Waals surface area contributed by atoms with Crippen molar-refractivity contribution in [3.05, 3.63) is 77.3 Å². The van der Waals surface area contributed by atoms with Crippen LogP contribution in [0.15, 0.2) is 60.9 Å². The molecule has 1 aromatic heterocycles. The lowest BCUT2D eigenvalue weighted by Crippen LogP contribution is -2.37. The number of anilines is 2. The molecule has 39 heavy (non-hydrogen) atoms. The number of fused-ring (bicyclic) bond motifs is 1. The Morgan fingerprint density at radius 1 is 1.05 bits per heavy atom. The molecule has 0 radical (unpaired) electrons. The number of methoxy groups -OCH3 is 1. The summed E-state index contributed by atoms with van der Waals surface area (Å²) < 4.78 is 58.7. The maximum absolute atomic E-state index is 13.5. The number of halogens is 2. The minimum absolute atomic E-state index is 0.0707. The van der Waals surface area contributed by atoms with Gasteiger partial charge in [0.25, 0.3) is 0 Å². The Morgan fingerprint density at radius 2 is 1.95 bits per heavy atom. The molecule has 4 aromatic rings. The fourth-order valence-corrected chi connectivity index (χ4v) is 4.51. The monoisotopic (exact) mass is 555 g/mol. The summed E-state index contributed by atoms with van der Waals surface area (Å²) in [6, 6.07) is 14.5. The fourth-order valence-electron chi connectivity index (χ4n) is 4.27. The zero-order chi connectivity index (χ0) is 29.5. The highest BCUT2D eigenvalue weighted by Gasteiger charge is 2.14. The lowest BCUT2D eigenvalue weighted by atomic mass is 10.2. The number of hydrogen-bond donors (Lipinski definition) is 1. The molecule has 1 aliphatic rings. The number of nitrogens with one attached hydrogen (secondary N) is 1. The summed E-state index contributed by atoms with van der Waals surface area (Å²) in [5.74, 6) is 0.915. The number of hydrogen-bond acceptors (Lipinski definition) is 8. The molecule has 204 valence electrons. The standard InChI is InChI=1S/C29H30ClFN4O4/c1-36-27-17-25-23(16-28(27)38-11-3-8-35-9-12-37-13-10-35)29(33-19-32-25)34-22-6-7-26(24(30)15-22)39-18-20-4-2-5-21(31)14-20/h2,4-7,14-17,19H,3,8-13,18H2,1H3,(H,32,33,34)/i1D3. The Morgan fingerprint density at radius 3 is 2.77 bits per heavy atom. The lowest BCUT2D eigenvalue weighted by molar-refractivity contribution is 0.0357. The van der Waals surface area contributed by atoms with Crippen LogP contribution >= 0.6 is 11.6 Å². The van der Waals surface area contributed by atoms with E-state index in [1.165, 1.54) is 24.5 Å². The van der Waals surface area contributed by atoms with Crippen molar-refractivity contribution >= 4 is 34.0 Å². The SMILES string of the molecule is [2H]C([2H])([2H])Oc1cc2ncnc(Nc3ccc(OCc4cccc(F)c4)c(Cl)c3)c2cc1OCCCN1CCOCC1. The Labute approximate surface area is 235 Å². The van der Waals surface area contributed by atoms with Crippen molar-refractivity contribution in [3.8, 4) is 17.2 Å². The van der Waals surface area contributed by atoms with Gasteiger partial charge in [0.1, 0.15) is 30.3 Å². The second kappa shape index (κ2) is 12.9. The van der Waals surface area contributed by atoms with Gasteiger partial charge in [-0.3, -0.25) is 4.90 Å². The molecule has 0 unspecified atom stereocenters. The third kappa shape index (κ3) is 7.06. The highest BCUT2D eigenvalue weighted by Crippen LogP contribution is 2.36. The number of ether oxygens (including phenoxy) is 4. The first-order valence-electron chi connectivity index (χ1n) is 14.1. The zero-order valence-corrected chi connectivity index (χ0v) is 21.9. The highest BCUT2D eigenvalue weighted by molar-refractivity contribution is 6.32. The van der Waals surface area contributed by atoms with E-state index in [1.807, 2.05) is 0 Å². The number of morpholine rings is 1. The maximum atomic E-state index is 13.5. The molecule has 2 heterocycles. The number of benzene rings is 3. The molecule has 0 aliphatic carbocycles. The molecular formula is C29H30ClFN4O4. The molecule has 0 atom stereocenters. The smallest absolute Gasteiger partial charge is 0.162 e. The lowest BCUT2D eigenvalue weighted by Gasteiger charge is -2.26. The highest BCUT2D eigenvalue weighted by atomic mass is 35.5. The molecule has 8 nitrogen and oxygen atoms in total. The Hall–Kier alpha value is -3.66. The summed E-state index contributed by atoms with van der Waals surface area (Å²) in [6.07, 6.45) is 2.11. The summed E-state index contributed by atoms with van der Waals surface area (Å²) >= 11 is 6.47. The van der Waals surface area contributed by atoms with Crippen LogP contribution in [0.5, 0.6) is 17.2 Å². The Bertz CT molecular complexity index is 1520. The predicted molar refractivity (Wildman–Crippen MR) is 149 cm³/mol. The largest absolute Gasteiger partial charge is 0.493 e. The minimum atomic E-state index is -2.66. The molecule has 0 spiro atoms. The van der Waals surface area contributed by atoms with Gasteiger partial charge in [-0.05, 0) is 48.4 Å². The Balaban J connectivity index is 1.32. The average Bonchev–Trinajstić information content (AvgIpc) is 2.95. The fraction of sp³-hybridized carbons (Fsp3) is 0.310. The van der Waals surface area contributed by atoms with Crippen LogP contribution in [-0.2, 0) is 11.3 Å². The maximum Gasteiger partial charge on any atom is 0.162 e. The molecule has 1 saturated heterocycles. The first-order valence-corrected chi connectivity index (χ1v) is 13.0. The zero-order valence-electron chi connectivity index (χ0n) is 24.2. The van der Waals surface area contributed by atoms with Crippen LogP contribution in [0.25, 0.3) is 10.9 Å². The van der Waals surface area contributed by atoms with E-state index in [1.54, 1.807) is 36.4 Å². The minimum Gasteiger partial charge on any atom is -0.493 e. The van der Waals surface area contributed by atoms with Crippen molar-refractivity contribution in [2.75, 3.05) is 51.8 Å². The molecule has 5 rings (SSSR count). The number of rotatable bonds is 11. The first kappa shape index (κ1) is 23.2. The molecule has 0 saturated carbocycles. The molecule has 0 amide bonds. The van der Waals surface area contributed by atoms with E-state index in [-0.39, 0.29) is 23.9 Å². The van der Waals surface area contributed by atoms with Gasteiger partial charge in [0.15, 0.2) is 11.5 Å². The van der Waals surface area contributed by atoms with E-state index in [4.69, 9.17) is 34.7 Å². The third-order valence-corrected chi connectivity index (χ3v) is 6.56. The van der Waals surface area contributed by atoms with Crippen molar-refractivity contribution in [1.29, 1.82) is 0 Å². The number of nitrogens with zero attached hydrogens (tertiary/aromatic N) is 3. The van der Waals surface area contributed by atoms with Gasteiger partial charge in [-0.15, -0.1) is 0 Å². The van der Waals surface area contributed by atoms with Crippen molar-refractivity contribution in [1.82, 2.24) is 14.9 Å². The van der Waals surface area contributed by atoms with Crippen LogP contribution in [-0.4, -0.2) is 61.4 Å². The van der Waals surface area contributed by atoms with Gasteiger partial charge >= 0.3 is 0 Å². The Kier molecular flexibility index (Phi) is 7.71. The molecule has 10 heteroatoms. The van der Waals surface area contributed by atoms with Gasteiger partial charge in [0.05, 0.1) is 41.5 Å². The van der Waals surface area contributed by atoms with Crippen LogP contribution in [0.4, 0.5) is 15.9 Å². The molecule has 3 aromatic carbocycles. The third-order valence-electron chi connectivity index (χ3n) is 6.27. The topological polar surface area (TPSA) is 78.0 Å². The van der Waals surface area contributed by atoms with Crippen molar-refractivity contribution in [3.63, 3.8) is 0 Å². The summed E-state index contributed by atoms with van der Waals surface area (Å²) in [6.45, 7) is 4.55. The van der Waals surface area contributed by atoms with Crippen LogP contribution in [0, 0.1) is 5.82 Å². The predicted octanol–water partition coefficient (Wildman–Crippen LogP) is 5.85. The summed E-state index contributed by atoms with van der Waals surface area (Å²) in [5.41, 5.74) is 1.78. The molecule has 1 aliphatic heterocycles. The summed E-state index contributed by atoms with van der Waals surface area (Å²) in [7, 11) is -2.66. The van der Waals surface area contributed by atoms with Gasteiger partial charge in [0, 0.05) is 36.8 Å². The van der Waals surface area contributed by atoms with E-state index >= 15 is 0 Å². The van der Waals surface area contributed by atoms with E-state index in [2.05, 4.69) is 20.2 Å². The van der Waals surface area contributed by atoms with Gasteiger partial charge < -0.3 is 24.3 Å². The quantitative estimate of drug-likeness (QED) is 0.231. The van der Waals surface area contributed by atoms with Gasteiger partial charge in [-0.25, -0.2) is 14.4 Å². The normalized spacial score (nSPS) is 15.3. The second-order valence-electron chi connectivity index (χ2n) is 8.99. The summed E-state index contributed by atoms with van der Waals surface area (Å²) in [4.78, 5) is 11.0. The molecule has 1 N–H and O–H groups in total. The van der Waals surface area contributed by atoms with E-state index in [9.17, 15) is 4.39 Å². The number of aromatic nitrogens is 2. The molecular weight excluding hydrogens is 523 g/mol. The van der Waals surface area contributed by atoms with Crippen molar-refractivity contribution in [2.24, 2.45) is 0 Å². The van der Waals surface area contributed by atoms with E-state index in [0.717, 1.165) is 26.1 Å². The molecule has 1 fully saturated rings. The average molecular weight is 556 g/mol. The van der Waals surface area contributed by atoms with Gasteiger partial charge in [-0.2, -0.15) is 0 Å². The van der Waals surface area contributed by atoms with Crippen LogP contribution in [0.2, 0.25) is 5.02 Å². The van der Waals surface area contributed by atoms with Crippen LogP contribution < -0.4 is 19.5 Å². The van der Waals surface area contributed by atoms with Crippen molar-refractivity contribution < 1.29 is 27.5 Å². The van der Waals surface area contributed by atoms with Crippen molar-refractivity contribution in [2.45, 2.75) is 13.0 Å². The van der Waals surface area contributed by atoms with Crippen LogP contribution in [0.3, 0.4) is 0 Å². The van der Waals surface area contributed by atoms with E-state index < -0.39 is 7.04 Å². The second-order valence-corrected chi connectivity index (χ2v) is 9.39. The van der Waals surface area contributed by atoms with E-state index in [0.29, 0.717) is 58.6 Å². The summed E-state index contributed by atoms with van der Waals surface area (Å²) in [5, 5.41) is 4.19. The molecule has 0 bridgehead atoms. The first-order chi connectivity index (χ1) is 20.2. The van der Waals surface area contributed by atoms with Gasteiger partial charge in [0.2, 0.25) is 0 Å². The van der Waals surface area contributed by atoms with Crippen LogP contribution in [0.1, 0.15) is 16.1 Å². The van der Waals surface area contributed by atoms with Gasteiger partial charge in [-0.1, -0.05) is 23.7 Å².